The smallest absolute Gasteiger partial charge is 0.234 e. The van der Waals surface area contributed by atoms with Crippen molar-refractivity contribution in [2.24, 2.45) is 5.92 Å². The fourth-order valence-corrected chi connectivity index (χ4v) is 6.58. The number of amides is 1. The topological polar surface area (TPSA) is 90.6 Å². The number of anilines is 1. The minimum Gasteiger partial charge on any atom is -0.497 e. The van der Waals surface area contributed by atoms with Gasteiger partial charge in [0, 0.05) is 17.4 Å². The van der Waals surface area contributed by atoms with E-state index in [4.69, 9.17) is 14.5 Å². The SMILES string of the molecule is CCc1nc2sc3c(c2c2nnc(SCC(=O)Nc4cc(OC)ccc4OC)n12)CC[C@@H](C)C3. The second-order valence-electron chi connectivity index (χ2n) is 8.46. The minimum atomic E-state index is -0.165. The highest BCUT2D eigenvalue weighted by molar-refractivity contribution is 7.99. The zero-order valence-corrected chi connectivity index (χ0v) is 21.3. The summed E-state index contributed by atoms with van der Waals surface area (Å²) in [7, 11) is 3.15. The van der Waals surface area contributed by atoms with E-state index in [1.807, 2.05) is 4.40 Å². The molecule has 1 atom stereocenters. The Kier molecular flexibility index (Phi) is 6.35. The standard InChI is InChI=1S/C24H27N5O3S2/c1-5-19-26-23-21(15-8-6-13(2)10-18(15)34-23)22-27-28-24(29(19)22)33-12-20(30)25-16-11-14(31-3)7-9-17(16)32-4/h7,9,11,13H,5-6,8,10,12H2,1-4H3,(H,25,30)/t13-/m1/s1. The summed E-state index contributed by atoms with van der Waals surface area (Å²) in [6.07, 6.45) is 4.10. The number of ether oxygens (including phenoxy) is 2. The summed E-state index contributed by atoms with van der Waals surface area (Å²) >= 11 is 3.15. The second-order valence-corrected chi connectivity index (χ2v) is 10.5. The van der Waals surface area contributed by atoms with Crippen LogP contribution in [-0.4, -0.2) is 45.5 Å². The summed E-state index contributed by atoms with van der Waals surface area (Å²) in [5.74, 6) is 2.85. The Morgan fingerprint density at radius 1 is 1.29 bits per heavy atom. The summed E-state index contributed by atoms with van der Waals surface area (Å²) < 4.78 is 12.6. The predicted octanol–water partition coefficient (Wildman–Crippen LogP) is 4.77. The first kappa shape index (κ1) is 22.9. The van der Waals surface area contributed by atoms with Gasteiger partial charge in [-0.3, -0.25) is 9.20 Å². The van der Waals surface area contributed by atoms with E-state index in [0.717, 1.165) is 41.0 Å². The number of thiophene rings is 1. The van der Waals surface area contributed by atoms with Crippen LogP contribution in [0.5, 0.6) is 11.5 Å². The van der Waals surface area contributed by atoms with Crippen LogP contribution in [0.1, 0.15) is 36.5 Å². The first-order chi connectivity index (χ1) is 16.5. The molecule has 10 heteroatoms. The molecule has 0 fully saturated rings. The van der Waals surface area contributed by atoms with Crippen LogP contribution in [0.3, 0.4) is 0 Å². The molecule has 8 nitrogen and oxygen atoms in total. The molecule has 0 saturated carbocycles. The number of aryl methyl sites for hydroxylation is 2. The largest absolute Gasteiger partial charge is 0.497 e. The van der Waals surface area contributed by atoms with E-state index in [0.29, 0.717) is 28.3 Å². The molecule has 34 heavy (non-hydrogen) atoms. The number of hydrogen-bond acceptors (Lipinski definition) is 8. The highest BCUT2D eigenvalue weighted by Crippen LogP contribution is 2.39. The Hall–Kier alpha value is -2.85. The summed E-state index contributed by atoms with van der Waals surface area (Å²) in [6.45, 7) is 4.39. The van der Waals surface area contributed by atoms with Crippen molar-refractivity contribution in [3.63, 3.8) is 0 Å². The van der Waals surface area contributed by atoms with Crippen molar-refractivity contribution in [3.05, 3.63) is 34.5 Å². The van der Waals surface area contributed by atoms with E-state index in [-0.39, 0.29) is 11.7 Å². The Labute approximate surface area is 206 Å². The molecule has 1 N–H and O–H groups in total. The van der Waals surface area contributed by atoms with Gasteiger partial charge in [-0.15, -0.1) is 21.5 Å². The van der Waals surface area contributed by atoms with Crippen molar-refractivity contribution in [3.8, 4) is 11.5 Å². The highest BCUT2D eigenvalue weighted by Gasteiger charge is 2.25. The fourth-order valence-electron chi connectivity index (χ4n) is 4.44. The van der Waals surface area contributed by atoms with Crippen LogP contribution < -0.4 is 14.8 Å². The molecule has 4 aromatic rings. The number of methoxy groups -OCH3 is 2. The summed E-state index contributed by atoms with van der Waals surface area (Å²) in [5, 5.41) is 13.7. The van der Waals surface area contributed by atoms with Gasteiger partial charge >= 0.3 is 0 Å². The molecule has 0 unspecified atom stereocenters. The van der Waals surface area contributed by atoms with Gasteiger partial charge in [-0.2, -0.15) is 0 Å². The number of nitrogens with zero attached hydrogens (tertiary/aromatic N) is 4. The number of aromatic nitrogens is 4. The number of benzene rings is 1. The molecular formula is C24H27N5O3S2. The van der Waals surface area contributed by atoms with Gasteiger partial charge in [0.2, 0.25) is 5.91 Å². The van der Waals surface area contributed by atoms with Crippen LogP contribution in [0.25, 0.3) is 15.9 Å². The van der Waals surface area contributed by atoms with Gasteiger partial charge in [-0.1, -0.05) is 25.6 Å². The normalized spacial score (nSPS) is 15.5. The van der Waals surface area contributed by atoms with Crippen LogP contribution in [0.2, 0.25) is 0 Å². The van der Waals surface area contributed by atoms with Gasteiger partial charge < -0.3 is 14.8 Å². The van der Waals surface area contributed by atoms with Gasteiger partial charge in [0.15, 0.2) is 10.8 Å². The number of rotatable bonds is 7. The van der Waals surface area contributed by atoms with E-state index in [9.17, 15) is 4.79 Å². The van der Waals surface area contributed by atoms with E-state index < -0.39 is 0 Å². The second kappa shape index (κ2) is 9.42. The minimum absolute atomic E-state index is 0.165. The monoisotopic (exact) mass is 497 g/mol. The zero-order chi connectivity index (χ0) is 23.8. The van der Waals surface area contributed by atoms with Gasteiger partial charge in [0.25, 0.3) is 0 Å². The molecule has 0 bridgehead atoms. The van der Waals surface area contributed by atoms with Gasteiger partial charge in [-0.25, -0.2) is 4.98 Å². The lowest BCUT2D eigenvalue weighted by Crippen LogP contribution is -2.15. The molecule has 1 aliphatic carbocycles. The van der Waals surface area contributed by atoms with Crippen molar-refractivity contribution < 1.29 is 14.3 Å². The first-order valence-corrected chi connectivity index (χ1v) is 13.2. The lowest BCUT2D eigenvalue weighted by atomic mass is 9.89. The zero-order valence-electron chi connectivity index (χ0n) is 19.7. The molecule has 0 spiro atoms. The Bertz CT molecular complexity index is 1380. The number of carbonyl (C=O) groups is 1. The summed E-state index contributed by atoms with van der Waals surface area (Å²) in [4.78, 5) is 20.2. The van der Waals surface area contributed by atoms with E-state index >= 15 is 0 Å². The molecule has 178 valence electrons. The number of nitrogens with one attached hydrogen (secondary N) is 1. The third-order valence-electron chi connectivity index (χ3n) is 6.17. The lowest BCUT2D eigenvalue weighted by Gasteiger charge is -2.17. The van der Waals surface area contributed by atoms with Gasteiger partial charge in [0.1, 0.15) is 22.2 Å². The highest BCUT2D eigenvalue weighted by atomic mass is 32.2. The van der Waals surface area contributed by atoms with E-state index in [2.05, 4.69) is 29.4 Å². The molecular weight excluding hydrogens is 470 g/mol. The van der Waals surface area contributed by atoms with Gasteiger partial charge in [0.05, 0.1) is 31.0 Å². The number of thioether (sulfide) groups is 1. The maximum absolute atomic E-state index is 12.8. The van der Waals surface area contributed by atoms with Crippen LogP contribution in [0.4, 0.5) is 5.69 Å². The summed E-state index contributed by atoms with van der Waals surface area (Å²) in [5.41, 5.74) is 2.80. The lowest BCUT2D eigenvalue weighted by molar-refractivity contribution is -0.113. The molecule has 0 saturated heterocycles. The Morgan fingerprint density at radius 3 is 2.91 bits per heavy atom. The maximum Gasteiger partial charge on any atom is 0.234 e. The molecule has 0 aliphatic heterocycles. The molecule has 3 heterocycles. The average Bonchev–Trinajstić information content (AvgIpc) is 3.42. The van der Waals surface area contributed by atoms with Crippen molar-refractivity contribution in [1.29, 1.82) is 0 Å². The molecule has 1 aromatic carbocycles. The average molecular weight is 498 g/mol. The quantitative estimate of drug-likeness (QED) is 0.368. The van der Waals surface area contributed by atoms with Crippen LogP contribution >= 0.6 is 23.1 Å². The first-order valence-electron chi connectivity index (χ1n) is 11.3. The van der Waals surface area contributed by atoms with Crippen LogP contribution in [0.15, 0.2) is 23.4 Å². The van der Waals surface area contributed by atoms with Crippen molar-refractivity contribution in [2.75, 3.05) is 25.3 Å². The van der Waals surface area contributed by atoms with Crippen molar-refractivity contribution >= 4 is 50.6 Å². The third kappa shape index (κ3) is 4.09. The molecule has 0 radical (unpaired) electrons. The Morgan fingerprint density at radius 2 is 2.15 bits per heavy atom. The van der Waals surface area contributed by atoms with Crippen LogP contribution in [0, 0.1) is 5.92 Å². The predicted molar refractivity (Wildman–Crippen MR) is 136 cm³/mol. The molecule has 5 rings (SSSR count). The number of hydrogen-bond donors (Lipinski definition) is 1. The van der Waals surface area contributed by atoms with Crippen molar-refractivity contribution in [2.45, 2.75) is 44.7 Å². The third-order valence-corrected chi connectivity index (χ3v) is 8.25. The fraction of sp³-hybridized carbons (Fsp3) is 0.417. The Balaban J connectivity index is 1.43. The van der Waals surface area contributed by atoms with Crippen molar-refractivity contribution in [1.82, 2.24) is 19.6 Å². The number of carbonyl (C=O) groups excluding carboxylic acids is 1. The molecule has 1 aliphatic rings. The molecule has 1 amide bonds. The number of fused-ring (bicyclic) bond motifs is 5. The van der Waals surface area contributed by atoms with E-state index in [1.165, 1.54) is 28.6 Å². The summed E-state index contributed by atoms with van der Waals surface area (Å²) in [6, 6.07) is 5.29. The van der Waals surface area contributed by atoms with Gasteiger partial charge in [-0.05, 0) is 42.9 Å². The van der Waals surface area contributed by atoms with E-state index in [1.54, 1.807) is 43.8 Å². The maximum atomic E-state index is 12.8. The van der Waals surface area contributed by atoms with Crippen LogP contribution in [-0.2, 0) is 24.1 Å². The molecule has 3 aromatic heterocycles.